The van der Waals surface area contributed by atoms with Crippen molar-refractivity contribution < 1.29 is 0 Å². The van der Waals surface area contributed by atoms with Crippen molar-refractivity contribution in [1.82, 2.24) is 4.90 Å². The fourth-order valence-corrected chi connectivity index (χ4v) is 1.72. The normalized spacial score (nSPS) is 28.1. The first-order valence-corrected chi connectivity index (χ1v) is 4.36. The predicted octanol–water partition coefficient (Wildman–Crippen LogP) is 0.994. The van der Waals surface area contributed by atoms with Crippen molar-refractivity contribution in [3.63, 3.8) is 0 Å². The van der Waals surface area contributed by atoms with E-state index in [0.29, 0.717) is 6.04 Å². The van der Waals surface area contributed by atoms with Crippen LogP contribution in [0, 0.1) is 0 Å². The Labute approximate surface area is 74.5 Å². The monoisotopic (exact) mass is 176 g/mol. The summed E-state index contributed by atoms with van der Waals surface area (Å²) in [6, 6.07) is 1.45. The molecule has 1 aliphatic heterocycles. The summed E-state index contributed by atoms with van der Waals surface area (Å²) >= 11 is 0. The fourth-order valence-electron chi connectivity index (χ4n) is 1.72. The number of nitrogens with two attached hydrogens (primary N) is 1. The van der Waals surface area contributed by atoms with Gasteiger partial charge in [-0.1, -0.05) is 0 Å². The van der Waals surface area contributed by atoms with Crippen molar-refractivity contribution in [1.29, 1.82) is 0 Å². The van der Waals surface area contributed by atoms with Gasteiger partial charge in [0.1, 0.15) is 0 Å². The van der Waals surface area contributed by atoms with Crippen LogP contribution in [-0.4, -0.2) is 30.1 Å². The highest BCUT2D eigenvalue weighted by molar-refractivity contribution is 5.85. The molecular formula is C8H17ClN2. The van der Waals surface area contributed by atoms with Crippen LogP contribution in [0.25, 0.3) is 0 Å². The summed E-state index contributed by atoms with van der Waals surface area (Å²) in [7, 11) is 0. The van der Waals surface area contributed by atoms with E-state index >= 15 is 0 Å². The van der Waals surface area contributed by atoms with Crippen LogP contribution in [0.3, 0.4) is 0 Å². The second-order valence-corrected chi connectivity index (χ2v) is 3.60. The largest absolute Gasteiger partial charge is 0.328 e. The third kappa shape index (κ3) is 2.32. The first kappa shape index (κ1) is 9.30. The van der Waals surface area contributed by atoms with E-state index in [2.05, 4.69) is 4.90 Å². The van der Waals surface area contributed by atoms with Gasteiger partial charge in [0, 0.05) is 12.1 Å². The fraction of sp³-hybridized carbons (Fsp3) is 1.00. The topological polar surface area (TPSA) is 29.3 Å². The Morgan fingerprint density at radius 3 is 2.00 bits per heavy atom. The van der Waals surface area contributed by atoms with E-state index in [1.165, 1.54) is 38.8 Å². The molecule has 1 saturated heterocycles. The molecule has 1 saturated carbocycles. The van der Waals surface area contributed by atoms with E-state index in [9.17, 15) is 0 Å². The van der Waals surface area contributed by atoms with Crippen LogP contribution in [-0.2, 0) is 0 Å². The Balaban J connectivity index is 0.000000605. The summed E-state index contributed by atoms with van der Waals surface area (Å²) in [5.41, 5.74) is 5.79. The molecule has 2 fully saturated rings. The summed E-state index contributed by atoms with van der Waals surface area (Å²) in [5, 5.41) is 0. The molecule has 2 rings (SSSR count). The molecule has 11 heavy (non-hydrogen) atoms. The summed E-state index contributed by atoms with van der Waals surface area (Å²) in [4.78, 5) is 2.60. The van der Waals surface area contributed by atoms with Crippen LogP contribution in [0.15, 0.2) is 0 Å². The van der Waals surface area contributed by atoms with Gasteiger partial charge in [-0.2, -0.15) is 0 Å². The minimum atomic E-state index is 0. The van der Waals surface area contributed by atoms with E-state index in [0.717, 1.165) is 6.04 Å². The molecule has 0 aromatic heterocycles. The van der Waals surface area contributed by atoms with Crippen molar-refractivity contribution in [2.45, 2.75) is 37.8 Å². The maximum absolute atomic E-state index is 5.79. The minimum absolute atomic E-state index is 0. The molecule has 0 bridgehead atoms. The molecule has 0 unspecified atom stereocenters. The van der Waals surface area contributed by atoms with Crippen molar-refractivity contribution in [3.05, 3.63) is 0 Å². The van der Waals surface area contributed by atoms with Crippen LogP contribution in [0.2, 0.25) is 0 Å². The highest BCUT2D eigenvalue weighted by atomic mass is 35.5. The van der Waals surface area contributed by atoms with Gasteiger partial charge in [-0.3, -0.25) is 0 Å². The predicted molar refractivity (Wildman–Crippen MR) is 49.1 cm³/mol. The standard InChI is InChI=1S/C8H16N2.ClH/c9-7-3-5-10(6-4-7)8-1-2-8;/h7-8H,1-6,9H2;1H. The SMILES string of the molecule is Cl.NC1CCN(C2CC2)CC1. The molecule has 0 aromatic carbocycles. The molecule has 2 N–H and O–H groups in total. The van der Waals surface area contributed by atoms with Crippen molar-refractivity contribution >= 4 is 12.4 Å². The molecule has 66 valence electrons. The number of rotatable bonds is 1. The summed E-state index contributed by atoms with van der Waals surface area (Å²) in [6.45, 7) is 2.51. The summed E-state index contributed by atoms with van der Waals surface area (Å²) in [5.74, 6) is 0. The Bertz CT molecular complexity index is 117. The number of hydrogen-bond donors (Lipinski definition) is 1. The molecule has 0 radical (unpaired) electrons. The molecule has 0 aromatic rings. The molecule has 2 aliphatic rings. The molecule has 0 atom stereocenters. The Morgan fingerprint density at radius 1 is 1.00 bits per heavy atom. The highest BCUT2D eigenvalue weighted by Crippen LogP contribution is 2.28. The number of likely N-dealkylation sites (tertiary alicyclic amines) is 1. The van der Waals surface area contributed by atoms with E-state index in [4.69, 9.17) is 5.73 Å². The van der Waals surface area contributed by atoms with Crippen LogP contribution in [0.4, 0.5) is 0 Å². The third-order valence-electron chi connectivity index (χ3n) is 2.64. The maximum atomic E-state index is 5.79. The first-order chi connectivity index (χ1) is 4.86. The molecule has 0 amide bonds. The lowest BCUT2D eigenvalue weighted by atomic mass is 10.1. The van der Waals surface area contributed by atoms with Gasteiger partial charge in [-0.15, -0.1) is 12.4 Å². The zero-order valence-corrected chi connectivity index (χ0v) is 7.65. The molecule has 0 spiro atoms. The first-order valence-electron chi connectivity index (χ1n) is 4.36. The second kappa shape index (κ2) is 3.74. The Morgan fingerprint density at radius 2 is 1.55 bits per heavy atom. The Hall–Kier alpha value is 0.210. The van der Waals surface area contributed by atoms with Gasteiger partial charge in [0.25, 0.3) is 0 Å². The van der Waals surface area contributed by atoms with E-state index < -0.39 is 0 Å². The quantitative estimate of drug-likeness (QED) is 0.646. The summed E-state index contributed by atoms with van der Waals surface area (Å²) < 4.78 is 0. The van der Waals surface area contributed by atoms with Crippen molar-refractivity contribution in [3.8, 4) is 0 Å². The highest BCUT2D eigenvalue weighted by Gasteiger charge is 2.30. The van der Waals surface area contributed by atoms with Gasteiger partial charge >= 0.3 is 0 Å². The van der Waals surface area contributed by atoms with Crippen molar-refractivity contribution in [2.24, 2.45) is 5.73 Å². The number of piperidine rings is 1. The maximum Gasteiger partial charge on any atom is 0.00964 e. The van der Waals surface area contributed by atoms with Gasteiger partial charge < -0.3 is 10.6 Å². The number of nitrogens with zero attached hydrogens (tertiary/aromatic N) is 1. The second-order valence-electron chi connectivity index (χ2n) is 3.60. The molecule has 1 aliphatic carbocycles. The van der Waals surface area contributed by atoms with Crippen LogP contribution >= 0.6 is 12.4 Å². The average Bonchev–Trinajstić information content (AvgIpc) is 2.71. The smallest absolute Gasteiger partial charge is 0.00964 e. The van der Waals surface area contributed by atoms with Crippen LogP contribution in [0.1, 0.15) is 25.7 Å². The lowest BCUT2D eigenvalue weighted by molar-refractivity contribution is 0.204. The lowest BCUT2D eigenvalue weighted by Gasteiger charge is -2.29. The van der Waals surface area contributed by atoms with Gasteiger partial charge in [0.2, 0.25) is 0 Å². The molecular weight excluding hydrogens is 160 g/mol. The van der Waals surface area contributed by atoms with Gasteiger partial charge in [-0.25, -0.2) is 0 Å². The number of halogens is 1. The molecule has 1 heterocycles. The molecule has 3 heteroatoms. The van der Waals surface area contributed by atoms with E-state index in [-0.39, 0.29) is 12.4 Å². The molecule has 2 nitrogen and oxygen atoms in total. The van der Waals surface area contributed by atoms with Crippen molar-refractivity contribution in [2.75, 3.05) is 13.1 Å². The lowest BCUT2D eigenvalue weighted by Crippen LogP contribution is -2.40. The van der Waals surface area contributed by atoms with Gasteiger partial charge in [0.05, 0.1) is 0 Å². The number of hydrogen-bond acceptors (Lipinski definition) is 2. The van der Waals surface area contributed by atoms with Gasteiger partial charge in [-0.05, 0) is 38.8 Å². The third-order valence-corrected chi connectivity index (χ3v) is 2.64. The summed E-state index contributed by atoms with van der Waals surface area (Å²) in [6.07, 6.45) is 5.32. The van der Waals surface area contributed by atoms with Crippen LogP contribution in [0.5, 0.6) is 0 Å². The van der Waals surface area contributed by atoms with E-state index in [1.807, 2.05) is 0 Å². The van der Waals surface area contributed by atoms with Crippen LogP contribution < -0.4 is 5.73 Å². The van der Waals surface area contributed by atoms with E-state index in [1.54, 1.807) is 0 Å². The van der Waals surface area contributed by atoms with Gasteiger partial charge in [0.15, 0.2) is 0 Å². The average molecular weight is 177 g/mol. The zero-order valence-electron chi connectivity index (χ0n) is 6.83. The minimum Gasteiger partial charge on any atom is -0.328 e. The Kier molecular flexibility index (Phi) is 3.16. The zero-order chi connectivity index (χ0) is 6.97.